The van der Waals surface area contributed by atoms with Crippen LogP contribution in [0.3, 0.4) is 0 Å². The number of nitrogens with zero attached hydrogens (tertiary/aromatic N) is 1. The summed E-state index contributed by atoms with van der Waals surface area (Å²) in [7, 11) is 1.65. The second-order valence-corrected chi connectivity index (χ2v) is 6.42. The van der Waals surface area contributed by atoms with Gasteiger partial charge in [-0.1, -0.05) is 38.1 Å². The predicted octanol–water partition coefficient (Wildman–Crippen LogP) is 4.57. The van der Waals surface area contributed by atoms with Gasteiger partial charge in [-0.3, -0.25) is 4.79 Å². The molecule has 1 amide bonds. The molecule has 1 aliphatic heterocycles. The van der Waals surface area contributed by atoms with Crippen LogP contribution >= 0.6 is 0 Å². The topological polar surface area (TPSA) is 29.5 Å². The number of fused-ring (bicyclic) bond motifs is 1. The van der Waals surface area contributed by atoms with Crippen LogP contribution in [0.25, 0.3) is 6.08 Å². The molecular formula is C21H23NO2. The zero-order valence-corrected chi connectivity index (χ0v) is 14.5. The summed E-state index contributed by atoms with van der Waals surface area (Å²) in [5.41, 5.74) is 3.93. The van der Waals surface area contributed by atoms with Crippen LogP contribution in [0.1, 0.15) is 35.3 Å². The maximum absolute atomic E-state index is 12.8. The van der Waals surface area contributed by atoms with E-state index in [-0.39, 0.29) is 5.91 Å². The van der Waals surface area contributed by atoms with Crippen LogP contribution in [-0.4, -0.2) is 19.6 Å². The Bertz CT molecular complexity index is 760. The summed E-state index contributed by atoms with van der Waals surface area (Å²) < 4.78 is 5.25. The summed E-state index contributed by atoms with van der Waals surface area (Å²) in [4.78, 5) is 14.6. The van der Waals surface area contributed by atoms with Crippen molar-refractivity contribution in [2.45, 2.75) is 20.3 Å². The summed E-state index contributed by atoms with van der Waals surface area (Å²) in [5.74, 6) is 1.39. The number of hydrogen-bond acceptors (Lipinski definition) is 2. The molecule has 0 fully saturated rings. The van der Waals surface area contributed by atoms with Crippen molar-refractivity contribution in [1.29, 1.82) is 0 Å². The fourth-order valence-electron chi connectivity index (χ4n) is 2.91. The Morgan fingerprint density at radius 1 is 1.12 bits per heavy atom. The Balaban J connectivity index is 1.82. The minimum Gasteiger partial charge on any atom is -0.497 e. The number of ether oxygens (including phenoxy) is 1. The smallest absolute Gasteiger partial charge is 0.258 e. The number of anilines is 1. The standard InChI is InChI=1S/C21H23NO2/c1-15(2)4-5-16-6-8-18(9-7-16)22-13-12-17-14-19(24-3)10-11-20(17)21(22)23/h4-11,14-15H,12-13H2,1-3H3/b5-4-. The minimum atomic E-state index is 0.0596. The summed E-state index contributed by atoms with van der Waals surface area (Å²) >= 11 is 0. The zero-order valence-electron chi connectivity index (χ0n) is 14.5. The van der Waals surface area contributed by atoms with Gasteiger partial charge in [0.1, 0.15) is 5.75 Å². The molecule has 2 aromatic carbocycles. The third-order valence-corrected chi connectivity index (χ3v) is 4.27. The number of allylic oxidation sites excluding steroid dienone is 1. The van der Waals surface area contributed by atoms with Crippen LogP contribution in [0.4, 0.5) is 5.69 Å². The highest BCUT2D eigenvalue weighted by molar-refractivity contribution is 6.08. The second-order valence-electron chi connectivity index (χ2n) is 6.42. The molecule has 1 aliphatic rings. The van der Waals surface area contributed by atoms with Crippen molar-refractivity contribution in [2.24, 2.45) is 5.92 Å². The lowest BCUT2D eigenvalue weighted by Crippen LogP contribution is -2.37. The number of carbonyl (C=O) groups excluding carboxylic acids is 1. The Labute approximate surface area is 143 Å². The van der Waals surface area contributed by atoms with Crippen molar-refractivity contribution in [3.05, 3.63) is 65.2 Å². The van der Waals surface area contributed by atoms with E-state index in [1.54, 1.807) is 7.11 Å². The van der Waals surface area contributed by atoms with Gasteiger partial charge in [-0.2, -0.15) is 0 Å². The highest BCUT2D eigenvalue weighted by Gasteiger charge is 2.25. The van der Waals surface area contributed by atoms with E-state index in [0.717, 1.165) is 34.5 Å². The van der Waals surface area contributed by atoms with Gasteiger partial charge in [-0.05, 0) is 53.8 Å². The van der Waals surface area contributed by atoms with Crippen LogP contribution in [-0.2, 0) is 6.42 Å². The van der Waals surface area contributed by atoms with Crippen LogP contribution in [0, 0.1) is 5.92 Å². The quantitative estimate of drug-likeness (QED) is 0.825. The van der Waals surface area contributed by atoms with Gasteiger partial charge in [-0.25, -0.2) is 0 Å². The molecule has 0 unspecified atom stereocenters. The summed E-state index contributed by atoms with van der Waals surface area (Å²) in [6, 6.07) is 13.8. The number of hydrogen-bond donors (Lipinski definition) is 0. The van der Waals surface area contributed by atoms with Crippen molar-refractivity contribution in [3.8, 4) is 5.75 Å². The third kappa shape index (κ3) is 3.35. The van der Waals surface area contributed by atoms with E-state index in [1.807, 2.05) is 35.2 Å². The Morgan fingerprint density at radius 2 is 1.88 bits per heavy atom. The molecule has 0 aliphatic carbocycles. The first kappa shape index (κ1) is 16.3. The molecule has 3 nitrogen and oxygen atoms in total. The molecule has 3 heteroatoms. The lowest BCUT2D eigenvalue weighted by atomic mass is 9.98. The normalized spacial score (nSPS) is 14.3. The van der Waals surface area contributed by atoms with E-state index in [4.69, 9.17) is 4.74 Å². The van der Waals surface area contributed by atoms with Crippen molar-refractivity contribution in [1.82, 2.24) is 0 Å². The molecule has 0 aromatic heterocycles. The van der Waals surface area contributed by atoms with Gasteiger partial charge < -0.3 is 9.64 Å². The molecular weight excluding hydrogens is 298 g/mol. The van der Waals surface area contributed by atoms with E-state index in [0.29, 0.717) is 12.5 Å². The lowest BCUT2D eigenvalue weighted by molar-refractivity contribution is 0.0980. The minimum absolute atomic E-state index is 0.0596. The molecule has 0 saturated carbocycles. The van der Waals surface area contributed by atoms with Gasteiger partial charge in [0.05, 0.1) is 7.11 Å². The van der Waals surface area contributed by atoms with Crippen molar-refractivity contribution < 1.29 is 9.53 Å². The van der Waals surface area contributed by atoms with Gasteiger partial charge in [0, 0.05) is 17.8 Å². The summed E-state index contributed by atoms with van der Waals surface area (Å²) in [6.45, 7) is 5.01. The van der Waals surface area contributed by atoms with Gasteiger partial charge in [-0.15, -0.1) is 0 Å². The van der Waals surface area contributed by atoms with E-state index in [2.05, 4.69) is 38.1 Å². The van der Waals surface area contributed by atoms with E-state index in [1.165, 1.54) is 0 Å². The van der Waals surface area contributed by atoms with Crippen LogP contribution < -0.4 is 9.64 Å². The first-order valence-corrected chi connectivity index (χ1v) is 8.35. The van der Waals surface area contributed by atoms with E-state index >= 15 is 0 Å². The summed E-state index contributed by atoms with van der Waals surface area (Å²) in [6.07, 6.45) is 5.13. The summed E-state index contributed by atoms with van der Waals surface area (Å²) in [5, 5.41) is 0. The predicted molar refractivity (Wildman–Crippen MR) is 98.7 cm³/mol. The van der Waals surface area contributed by atoms with Crippen LogP contribution in [0.15, 0.2) is 48.5 Å². The Hall–Kier alpha value is -2.55. The van der Waals surface area contributed by atoms with Crippen molar-refractivity contribution in [2.75, 3.05) is 18.6 Å². The number of amides is 1. The first-order valence-electron chi connectivity index (χ1n) is 8.35. The van der Waals surface area contributed by atoms with Gasteiger partial charge in [0.25, 0.3) is 5.91 Å². The molecule has 2 aromatic rings. The number of benzene rings is 2. The molecule has 0 spiro atoms. The van der Waals surface area contributed by atoms with E-state index < -0.39 is 0 Å². The SMILES string of the molecule is COc1ccc2c(c1)CCN(c1ccc(/C=C\C(C)C)cc1)C2=O. The average Bonchev–Trinajstić information content (AvgIpc) is 2.60. The maximum Gasteiger partial charge on any atom is 0.258 e. The number of methoxy groups -OCH3 is 1. The zero-order chi connectivity index (χ0) is 17.1. The molecule has 0 atom stereocenters. The van der Waals surface area contributed by atoms with Gasteiger partial charge in [0.15, 0.2) is 0 Å². The molecule has 24 heavy (non-hydrogen) atoms. The fraction of sp³-hybridized carbons (Fsp3) is 0.286. The average molecular weight is 321 g/mol. The van der Waals surface area contributed by atoms with Crippen molar-refractivity contribution in [3.63, 3.8) is 0 Å². The first-order chi connectivity index (χ1) is 11.6. The molecule has 0 bridgehead atoms. The molecule has 1 heterocycles. The van der Waals surface area contributed by atoms with Crippen LogP contribution in [0.2, 0.25) is 0 Å². The lowest BCUT2D eigenvalue weighted by Gasteiger charge is -2.29. The molecule has 3 rings (SSSR count). The van der Waals surface area contributed by atoms with Crippen LogP contribution in [0.5, 0.6) is 5.75 Å². The van der Waals surface area contributed by atoms with Gasteiger partial charge in [0.2, 0.25) is 0 Å². The maximum atomic E-state index is 12.8. The number of rotatable bonds is 4. The third-order valence-electron chi connectivity index (χ3n) is 4.27. The highest BCUT2D eigenvalue weighted by atomic mass is 16.5. The molecule has 0 N–H and O–H groups in total. The van der Waals surface area contributed by atoms with E-state index in [9.17, 15) is 4.79 Å². The monoisotopic (exact) mass is 321 g/mol. The second kappa shape index (κ2) is 6.91. The fourth-order valence-corrected chi connectivity index (χ4v) is 2.91. The molecule has 0 radical (unpaired) electrons. The number of carbonyl (C=O) groups is 1. The Kier molecular flexibility index (Phi) is 4.70. The Morgan fingerprint density at radius 3 is 2.54 bits per heavy atom. The highest BCUT2D eigenvalue weighted by Crippen LogP contribution is 2.27. The van der Waals surface area contributed by atoms with Crippen molar-refractivity contribution >= 4 is 17.7 Å². The molecule has 124 valence electrons. The largest absolute Gasteiger partial charge is 0.497 e. The van der Waals surface area contributed by atoms with Gasteiger partial charge >= 0.3 is 0 Å². The molecule has 0 saturated heterocycles.